The number of imidazole rings is 1. The molecule has 3 fully saturated rings. The van der Waals surface area contributed by atoms with Gasteiger partial charge in [0, 0.05) is 38.8 Å². The number of likely N-dealkylation sites (tertiary alicyclic amines) is 1. The number of hydrogen-bond donors (Lipinski definition) is 1. The summed E-state index contributed by atoms with van der Waals surface area (Å²) < 4.78 is 13.1. The van der Waals surface area contributed by atoms with Gasteiger partial charge >= 0.3 is 0 Å². The second kappa shape index (κ2) is 10.6. The number of rotatable bonds is 7. The second-order valence-electron chi connectivity index (χ2n) is 11.3. The largest absolute Gasteiger partial charge is 0.443 e. The van der Waals surface area contributed by atoms with Crippen LogP contribution in [0.5, 0.6) is 0 Å². The molecule has 7 rings (SSSR count). The van der Waals surface area contributed by atoms with Crippen molar-refractivity contribution in [3.8, 4) is 10.6 Å². The minimum absolute atomic E-state index is 0.000183. The molecule has 11 heteroatoms. The van der Waals surface area contributed by atoms with E-state index in [1.54, 1.807) is 12.3 Å². The van der Waals surface area contributed by atoms with E-state index in [4.69, 9.17) is 14.1 Å². The molecule has 4 aromatic rings. The Balaban J connectivity index is 1.16. The zero-order chi connectivity index (χ0) is 28.0. The van der Waals surface area contributed by atoms with Crippen molar-refractivity contribution in [2.45, 2.75) is 31.8 Å². The van der Waals surface area contributed by atoms with Gasteiger partial charge in [0.1, 0.15) is 0 Å². The van der Waals surface area contributed by atoms with Crippen LogP contribution in [0.4, 0.5) is 5.95 Å². The molecule has 3 aromatic heterocycles. The first-order valence-electron chi connectivity index (χ1n) is 14.0. The molecule has 2 saturated heterocycles. The summed E-state index contributed by atoms with van der Waals surface area (Å²) in [6, 6.07) is 10.3. The maximum Gasteiger partial charge on any atom is 0.268 e. The van der Waals surface area contributed by atoms with Crippen molar-refractivity contribution < 1.29 is 18.7 Å². The number of amides is 2. The quantitative estimate of drug-likeness (QED) is 0.323. The van der Waals surface area contributed by atoms with Gasteiger partial charge in [-0.1, -0.05) is 12.6 Å². The molecular formula is C30H32N6O4S. The first-order valence-corrected chi connectivity index (χ1v) is 14.8. The summed E-state index contributed by atoms with van der Waals surface area (Å²) in [5.41, 5.74) is 3.18. The number of fused-ring (bicyclic) bond motifs is 1. The van der Waals surface area contributed by atoms with Gasteiger partial charge in [0.05, 0.1) is 40.2 Å². The van der Waals surface area contributed by atoms with E-state index in [-0.39, 0.29) is 23.3 Å². The highest BCUT2D eigenvalue weighted by molar-refractivity contribution is 7.17. The van der Waals surface area contributed by atoms with Gasteiger partial charge in [0.15, 0.2) is 12.2 Å². The van der Waals surface area contributed by atoms with Gasteiger partial charge in [-0.3, -0.25) is 19.8 Å². The van der Waals surface area contributed by atoms with Crippen LogP contribution in [-0.2, 0) is 16.1 Å². The lowest BCUT2D eigenvalue weighted by Gasteiger charge is -2.46. The third kappa shape index (κ3) is 4.98. The van der Waals surface area contributed by atoms with E-state index >= 15 is 0 Å². The Morgan fingerprint density at radius 3 is 2.80 bits per heavy atom. The molecule has 41 heavy (non-hydrogen) atoms. The number of carbonyl (C=O) groups excluding carboxylic acids is 2. The molecule has 1 spiro atoms. The van der Waals surface area contributed by atoms with Crippen LogP contribution in [0.1, 0.15) is 40.5 Å². The van der Waals surface area contributed by atoms with Gasteiger partial charge < -0.3 is 18.6 Å². The topological polar surface area (TPSA) is 106 Å². The maximum atomic E-state index is 13.4. The molecular weight excluding hydrogens is 540 g/mol. The summed E-state index contributed by atoms with van der Waals surface area (Å²) in [5.74, 6) is 0.984. The molecule has 212 valence electrons. The molecule has 5 heterocycles. The molecule has 0 radical (unpaired) electrons. The number of thiophene rings is 1. The number of carbonyl (C=O) groups is 2. The standard InChI is InChI=1S/C30H32N6O4S/c1-2-27(37)35-8-7-30(18-35)14-21(15-30)36-23-4-3-20(17-34-9-11-39-12-10-34)13-22(23)32-29(36)33-28(38)26-6-5-25(41-26)24-16-31-19-40-24/h2-6,13,16,19,21H,1,7-12,14-15,17-18H2,(H,32,33,38). The van der Waals surface area contributed by atoms with E-state index in [0.29, 0.717) is 16.6 Å². The zero-order valence-corrected chi connectivity index (χ0v) is 23.6. The minimum atomic E-state index is -0.205. The predicted molar refractivity (Wildman–Crippen MR) is 156 cm³/mol. The SMILES string of the molecule is C=CC(=O)N1CCC2(CC(n3c(NC(=O)c4ccc(-c5cnco5)s4)nc4cc(CN5CCOCC5)ccc43)C2)C1. The number of benzene rings is 1. The van der Waals surface area contributed by atoms with E-state index < -0.39 is 0 Å². The Hall–Kier alpha value is -3.80. The van der Waals surface area contributed by atoms with Crippen LogP contribution in [0.15, 0.2) is 60.0 Å². The first-order chi connectivity index (χ1) is 20.0. The van der Waals surface area contributed by atoms with Gasteiger partial charge in [-0.05, 0) is 60.6 Å². The lowest BCUT2D eigenvalue weighted by molar-refractivity contribution is -0.125. The summed E-state index contributed by atoms with van der Waals surface area (Å²) in [6.07, 6.45) is 7.28. The van der Waals surface area contributed by atoms with Crippen molar-refractivity contribution in [1.29, 1.82) is 0 Å². The summed E-state index contributed by atoms with van der Waals surface area (Å²) in [7, 11) is 0. The lowest BCUT2D eigenvalue weighted by atomic mass is 9.64. The third-order valence-corrected chi connectivity index (χ3v) is 9.72. The molecule has 1 saturated carbocycles. The predicted octanol–water partition coefficient (Wildman–Crippen LogP) is 4.58. The highest BCUT2D eigenvalue weighted by Gasteiger charge is 2.50. The minimum Gasteiger partial charge on any atom is -0.443 e. The number of nitrogens with one attached hydrogen (secondary N) is 1. The Labute approximate surface area is 241 Å². The van der Waals surface area contributed by atoms with Gasteiger partial charge in [-0.15, -0.1) is 11.3 Å². The molecule has 3 aliphatic rings. The van der Waals surface area contributed by atoms with Crippen LogP contribution in [0, 0.1) is 5.41 Å². The summed E-state index contributed by atoms with van der Waals surface area (Å²) >= 11 is 1.36. The number of morpholine rings is 1. The van der Waals surface area contributed by atoms with Gasteiger partial charge in [-0.2, -0.15) is 0 Å². The number of aromatic nitrogens is 3. The average molecular weight is 573 g/mol. The monoisotopic (exact) mass is 572 g/mol. The van der Waals surface area contributed by atoms with Crippen molar-refractivity contribution in [1.82, 2.24) is 24.3 Å². The number of anilines is 1. The highest BCUT2D eigenvalue weighted by Crippen LogP contribution is 2.55. The van der Waals surface area contributed by atoms with Crippen LogP contribution < -0.4 is 5.32 Å². The van der Waals surface area contributed by atoms with Gasteiger partial charge in [0.2, 0.25) is 11.9 Å². The van der Waals surface area contributed by atoms with Crippen LogP contribution in [-0.4, -0.2) is 75.5 Å². The highest BCUT2D eigenvalue weighted by atomic mass is 32.1. The van der Waals surface area contributed by atoms with E-state index in [1.165, 1.54) is 29.4 Å². The molecule has 1 aromatic carbocycles. The number of nitrogens with zero attached hydrogens (tertiary/aromatic N) is 5. The van der Waals surface area contributed by atoms with Crippen LogP contribution in [0.25, 0.3) is 21.7 Å². The summed E-state index contributed by atoms with van der Waals surface area (Å²) in [4.78, 5) is 40.3. The molecule has 1 aliphatic carbocycles. The molecule has 1 N–H and O–H groups in total. The zero-order valence-electron chi connectivity index (χ0n) is 22.8. The van der Waals surface area contributed by atoms with Crippen molar-refractivity contribution in [3.05, 3.63) is 66.0 Å². The van der Waals surface area contributed by atoms with Crippen LogP contribution >= 0.6 is 11.3 Å². The summed E-state index contributed by atoms with van der Waals surface area (Å²) in [6.45, 7) is 9.36. The third-order valence-electron chi connectivity index (χ3n) is 8.62. The van der Waals surface area contributed by atoms with Crippen molar-refractivity contribution in [2.75, 3.05) is 44.7 Å². The maximum absolute atomic E-state index is 13.4. The molecule has 2 aliphatic heterocycles. The molecule has 2 amide bonds. The number of oxazole rings is 1. The van der Waals surface area contributed by atoms with Crippen molar-refractivity contribution in [2.24, 2.45) is 5.41 Å². The van der Waals surface area contributed by atoms with Gasteiger partial charge in [-0.25, -0.2) is 9.97 Å². The Kier molecular flexibility index (Phi) is 6.72. The molecule has 0 unspecified atom stereocenters. The number of ether oxygens (including phenoxy) is 1. The Morgan fingerprint density at radius 2 is 2.02 bits per heavy atom. The fourth-order valence-electron chi connectivity index (χ4n) is 6.52. The molecule has 0 bridgehead atoms. The lowest BCUT2D eigenvalue weighted by Crippen LogP contribution is -2.42. The van der Waals surface area contributed by atoms with Crippen LogP contribution in [0.2, 0.25) is 0 Å². The molecule has 10 nitrogen and oxygen atoms in total. The first kappa shape index (κ1) is 26.1. The van der Waals surface area contributed by atoms with Crippen LogP contribution in [0.3, 0.4) is 0 Å². The van der Waals surface area contributed by atoms with E-state index in [2.05, 4.69) is 44.5 Å². The second-order valence-corrected chi connectivity index (χ2v) is 12.4. The smallest absolute Gasteiger partial charge is 0.268 e. The number of hydrogen-bond acceptors (Lipinski definition) is 8. The van der Waals surface area contributed by atoms with E-state index in [0.717, 1.165) is 81.1 Å². The Morgan fingerprint density at radius 1 is 1.17 bits per heavy atom. The van der Waals surface area contributed by atoms with Crippen molar-refractivity contribution in [3.63, 3.8) is 0 Å². The average Bonchev–Trinajstić information content (AvgIpc) is 3.77. The van der Waals surface area contributed by atoms with Crippen molar-refractivity contribution >= 4 is 40.1 Å². The normalized spacial score (nSPS) is 22.7. The Bertz CT molecular complexity index is 1600. The fourth-order valence-corrected chi connectivity index (χ4v) is 7.37. The van der Waals surface area contributed by atoms with E-state index in [9.17, 15) is 9.59 Å². The van der Waals surface area contributed by atoms with Gasteiger partial charge in [0.25, 0.3) is 5.91 Å². The summed E-state index contributed by atoms with van der Waals surface area (Å²) in [5, 5.41) is 3.11. The fraction of sp³-hybridized carbons (Fsp3) is 0.400. The molecule has 0 atom stereocenters. The van der Waals surface area contributed by atoms with E-state index in [1.807, 2.05) is 11.0 Å².